The summed E-state index contributed by atoms with van der Waals surface area (Å²) in [5, 5.41) is 43.0. The van der Waals surface area contributed by atoms with E-state index >= 15 is 0 Å². The van der Waals surface area contributed by atoms with Gasteiger partial charge in [0.05, 0.1) is 16.8 Å². The summed E-state index contributed by atoms with van der Waals surface area (Å²) in [5.41, 5.74) is 2.17. The zero-order valence-corrected chi connectivity index (χ0v) is 29.1. The molecule has 2 aromatic heterocycles. The second kappa shape index (κ2) is 14.4. The van der Waals surface area contributed by atoms with Crippen LogP contribution in [0.5, 0.6) is 0 Å². The van der Waals surface area contributed by atoms with E-state index in [1.54, 1.807) is 6.92 Å². The van der Waals surface area contributed by atoms with Gasteiger partial charge in [-0.15, -0.1) is 20.5 Å². The van der Waals surface area contributed by atoms with Gasteiger partial charge in [-0.05, 0) is 55.5 Å². The van der Waals surface area contributed by atoms with Crippen LogP contribution in [0.15, 0.2) is 127 Å². The van der Waals surface area contributed by atoms with E-state index in [9.17, 15) is 36.5 Å². The number of nitrogens with one attached hydrogen (secondary N) is 2. The Labute approximate surface area is 300 Å². The van der Waals surface area contributed by atoms with Crippen molar-refractivity contribution in [1.82, 2.24) is 4.98 Å². The fourth-order valence-electron chi connectivity index (χ4n) is 5.03. The van der Waals surface area contributed by atoms with Gasteiger partial charge in [0.1, 0.15) is 32.6 Å². The minimum Gasteiger partial charge on any atom is -0.339 e. The number of azo groups is 2. The Morgan fingerprint density at radius 2 is 1.33 bits per heavy atom. The van der Waals surface area contributed by atoms with Crippen molar-refractivity contribution in [1.29, 1.82) is 10.5 Å². The van der Waals surface area contributed by atoms with Gasteiger partial charge < -0.3 is 10.6 Å². The van der Waals surface area contributed by atoms with Crippen LogP contribution in [0, 0.1) is 29.6 Å². The molecule has 0 fully saturated rings. The van der Waals surface area contributed by atoms with E-state index in [1.165, 1.54) is 24.3 Å². The van der Waals surface area contributed by atoms with E-state index in [2.05, 4.69) is 42.1 Å². The minimum atomic E-state index is -4.87. The first kappa shape index (κ1) is 35.4. The van der Waals surface area contributed by atoms with Crippen LogP contribution < -0.4 is 10.6 Å². The number of nitrogens with zero attached hydrogens (tertiary/aromatic N) is 7. The molecular formula is C34H23N9O6S3. The number of para-hydroxylation sites is 2. The highest BCUT2D eigenvalue weighted by molar-refractivity contribution is 7.86. The molecule has 0 saturated carbocycles. The van der Waals surface area contributed by atoms with Crippen LogP contribution >= 0.6 is 11.3 Å². The lowest BCUT2D eigenvalue weighted by Crippen LogP contribution is -2.04. The van der Waals surface area contributed by atoms with Crippen molar-refractivity contribution >= 4 is 86.7 Å². The summed E-state index contributed by atoms with van der Waals surface area (Å²) in [4.78, 5) is 3.41. The number of hydrogen-bond donors (Lipinski definition) is 4. The van der Waals surface area contributed by atoms with Gasteiger partial charge in [-0.25, -0.2) is 4.98 Å². The average Bonchev–Trinajstić information content (AvgIpc) is 3.52. The summed E-state index contributed by atoms with van der Waals surface area (Å²) in [6.45, 7) is 1.69. The van der Waals surface area contributed by atoms with Gasteiger partial charge in [-0.2, -0.15) is 27.4 Å². The van der Waals surface area contributed by atoms with E-state index < -0.39 is 30.0 Å². The summed E-state index contributed by atoms with van der Waals surface area (Å²) in [6, 6.07) is 29.6. The molecule has 6 aromatic rings. The van der Waals surface area contributed by atoms with Crippen LogP contribution in [0.3, 0.4) is 0 Å². The fourth-order valence-corrected chi connectivity index (χ4v) is 7.20. The van der Waals surface area contributed by atoms with E-state index in [4.69, 9.17) is 0 Å². The summed E-state index contributed by atoms with van der Waals surface area (Å²) < 4.78 is 68.0. The van der Waals surface area contributed by atoms with Gasteiger partial charge in [0.2, 0.25) is 0 Å². The normalized spacial score (nSPS) is 11.9. The fraction of sp³-hybridized carbons (Fsp3) is 0.0294. The van der Waals surface area contributed by atoms with E-state index in [0.717, 1.165) is 23.5 Å². The Morgan fingerprint density at radius 3 is 1.92 bits per heavy atom. The van der Waals surface area contributed by atoms with Gasteiger partial charge in [0.15, 0.2) is 16.6 Å². The van der Waals surface area contributed by atoms with Crippen LogP contribution in [0.2, 0.25) is 0 Å². The first-order valence-electron chi connectivity index (χ1n) is 14.8. The van der Waals surface area contributed by atoms with Crippen molar-refractivity contribution in [2.75, 3.05) is 10.6 Å². The predicted octanol–water partition coefficient (Wildman–Crippen LogP) is 9.16. The molecule has 0 unspecified atom stereocenters. The van der Waals surface area contributed by atoms with Gasteiger partial charge >= 0.3 is 0 Å². The number of anilines is 4. The number of nitriles is 2. The van der Waals surface area contributed by atoms with Crippen LogP contribution in [0.1, 0.15) is 16.7 Å². The summed E-state index contributed by atoms with van der Waals surface area (Å²) >= 11 is 0.909. The Kier molecular flexibility index (Phi) is 9.84. The van der Waals surface area contributed by atoms with Gasteiger partial charge in [0.25, 0.3) is 20.2 Å². The average molecular weight is 750 g/mol. The molecule has 4 aromatic carbocycles. The van der Waals surface area contributed by atoms with Gasteiger partial charge in [0, 0.05) is 27.7 Å². The molecule has 0 aliphatic heterocycles. The standard InChI is InChI=1S/C34H23N9O6S3/c1-20-27(19-36)32(37-22-9-4-2-5-10-22)39-33(38-23-11-6-3-7-12-23)31(20)42-43-34-21(18-35)15-30(50-34)41-40-24-16-26-25(29(17-24)52(47,48)49)13-8-14-28(26)51(44,45)46/h2-17H,1H3,(H2,37,38,39)(H,44,45,46)(H,47,48,49)/b41-40+,43-42+. The maximum Gasteiger partial charge on any atom is 0.295 e. The van der Waals surface area contributed by atoms with Crippen molar-refractivity contribution < 1.29 is 25.9 Å². The first-order chi connectivity index (χ1) is 24.9. The molecule has 0 bridgehead atoms. The highest BCUT2D eigenvalue weighted by atomic mass is 32.2. The Bertz CT molecular complexity index is 2720. The molecule has 0 aliphatic carbocycles. The number of hydrogen-bond acceptors (Lipinski definition) is 14. The van der Waals surface area contributed by atoms with Crippen LogP contribution in [-0.2, 0) is 20.2 Å². The van der Waals surface area contributed by atoms with Crippen molar-refractivity contribution in [2.24, 2.45) is 20.5 Å². The smallest absolute Gasteiger partial charge is 0.295 e. The number of aromatic nitrogens is 1. The maximum atomic E-state index is 12.2. The van der Waals surface area contributed by atoms with E-state index in [1.807, 2.05) is 66.7 Å². The molecule has 6 rings (SSSR count). The molecule has 0 atom stereocenters. The van der Waals surface area contributed by atoms with Crippen molar-refractivity contribution in [3.8, 4) is 12.1 Å². The largest absolute Gasteiger partial charge is 0.339 e. The molecule has 15 nitrogen and oxygen atoms in total. The lowest BCUT2D eigenvalue weighted by molar-refractivity contribution is 0.481. The van der Waals surface area contributed by atoms with Gasteiger partial charge in [-0.3, -0.25) is 9.11 Å². The molecule has 0 spiro atoms. The zero-order valence-electron chi connectivity index (χ0n) is 26.6. The molecule has 0 saturated heterocycles. The predicted molar refractivity (Wildman–Crippen MR) is 194 cm³/mol. The van der Waals surface area contributed by atoms with Crippen molar-refractivity contribution in [3.63, 3.8) is 0 Å². The van der Waals surface area contributed by atoms with Crippen molar-refractivity contribution in [2.45, 2.75) is 16.7 Å². The van der Waals surface area contributed by atoms with E-state index in [0.29, 0.717) is 16.9 Å². The highest BCUT2D eigenvalue weighted by Crippen LogP contribution is 2.41. The number of thiophene rings is 1. The lowest BCUT2D eigenvalue weighted by atomic mass is 10.1. The topological polar surface area (TPSA) is 243 Å². The lowest BCUT2D eigenvalue weighted by Gasteiger charge is -2.15. The first-order valence-corrected chi connectivity index (χ1v) is 18.5. The highest BCUT2D eigenvalue weighted by Gasteiger charge is 2.22. The molecule has 4 N–H and O–H groups in total. The SMILES string of the molecule is Cc1c(C#N)c(Nc2ccccc2)nc(Nc2ccccc2)c1/N=N/c1sc(/N=N/c2cc(S(=O)(=O)O)c3cccc(S(=O)(=O)O)c3c2)cc1C#N. The van der Waals surface area contributed by atoms with Crippen LogP contribution in [0.4, 0.5) is 44.4 Å². The monoisotopic (exact) mass is 749 g/mol. The zero-order chi connectivity index (χ0) is 37.0. The van der Waals surface area contributed by atoms with Crippen LogP contribution in [0.25, 0.3) is 10.8 Å². The summed E-state index contributed by atoms with van der Waals surface area (Å²) in [5.74, 6) is 0.560. The molecule has 258 valence electrons. The number of pyridine rings is 1. The molecule has 0 aliphatic rings. The maximum absolute atomic E-state index is 12.2. The molecule has 0 radical (unpaired) electrons. The molecule has 52 heavy (non-hydrogen) atoms. The van der Waals surface area contributed by atoms with Crippen LogP contribution in [-0.4, -0.2) is 30.9 Å². The quantitative estimate of drug-likeness (QED) is 0.0759. The summed E-state index contributed by atoms with van der Waals surface area (Å²) in [6.07, 6.45) is 0. The third kappa shape index (κ3) is 7.66. The number of fused-ring (bicyclic) bond motifs is 1. The summed E-state index contributed by atoms with van der Waals surface area (Å²) in [7, 11) is -9.66. The van der Waals surface area contributed by atoms with Crippen molar-refractivity contribution in [3.05, 3.63) is 114 Å². The molecule has 2 heterocycles. The Hall–Kier alpha value is -6.41. The minimum absolute atomic E-state index is 0.0690. The van der Waals surface area contributed by atoms with E-state index in [-0.39, 0.29) is 54.9 Å². The second-order valence-corrected chi connectivity index (χ2v) is 14.6. The third-order valence-corrected chi connectivity index (χ3v) is 10.1. The Balaban J connectivity index is 1.40. The third-order valence-electron chi connectivity index (χ3n) is 7.38. The Morgan fingerprint density at radius 1 is 0.692 bits per heavy atom. The molecule has 18 heteroatoms. The second-order valence-electron chi connectivity index (χ2n) is 10.8. The number of rotatable bonds is 10. The van der Waals surface area contributed by atoms with Gasteiger partial charge in [-0.1, -0.05) is 59.9 Å². The molecule has 0 amide bonds. The number of benzene rings is 4. The molecular weight excluding hydrogens is 727 g/mol.